The highest BCUT2D eigenvalue weighted by Crippen LogP contribution is 2.41. The topological polar surface area (TPSA) is 68.0 Å². The summed E-state index contributed by atoms with van der Waals surface area (Å²) in [7, 11) is 0. The number of halogens is 1. The summed E-state index contributed by atoms with van der Waals surface area (Å²) in [4.78, 5) is 16.9. The Bertz CT molecular complexity index is 622. The zero-order valence-electron chi connectivity index (χ0n) is 12.3. The minimum absolute atomic E-state index is 0. The molecule has 0 spiro atoms. The maximum atomic E-state index is 12.9. The highest BCUT2D eigenvalue weighted by molar-refractivity contribution is 5.99. The quantitative estimate of drug-likeness (QED) is 0.910. The van der Waals surface area contributed by atoms with Crippen molar-refractivity contribution in [3.8, 4) is 0 Å². The SMILES string of the molecule is Cl.Nc1ccc(NC(=O)C2(c3ccccc3)CCCC2)cn1. The number of anilines is 2. The van der Waals surface area contributed by atoms with Crippen LogP contribution in [0.2, 0.25) is 0 Å². The van der Waals surface area contributed by atoms with Gasteiger partial charge in [0, 0.05) is 0 Å². The number of hydrogen-bond acceptors (Lipinski definition) is 3. The second kappa shape index (κ2) is 6.79. The molecule has 0 aliphatic heterocycles. The fourth-order valence-corrected chi connectivity index (χ4v) is 3.11. The van der Waals surface area contributed by atoms with Crippen molar-refractivity contribution >= 4 is 29.8 Å². The zero-order valence-corrected chi connectivity index (χ0v) is 13.1. The number of nitrogens with zero attached hydrogens (tertiary/aromatic N) is 1. The molecule has 0 saturated heterocycles. The monoisotopic (exact) mass is 317 g/mol. The number of carbonyl (C=O) groups excluding carboxylic acids is 1. The van der Waals surface area contributed by atoms with Crippen LogP contribution in [0.5, 0.6) is 0 Å². The number of benzene rings is 1. The van der Waals surface area contributed by atoms with Crippen molar-refractivity contribution in [2.75, 3.05) is 11.1 Å². The van der Waals surface area contributed by atoms with Crippen LogP contribution in [0.4, 0.5) is 11.5 Å². The van der Waals surface area contributed by atoms with Gasteiger partial charge in [0.1, 0.15) is 5.82 Å². The van der Waals surface area contributed by atoms with Gasteiger partial charge in [-0.1, -0.05) is 43.2 Å². The summed E-state index contributed by atoms with van der Waals surface area (Å²) < 4.78 is 0. The van der Waals surface area contributed by atoms with Crippen molar-refractivity contribution < 1.29 is 4.79 Å². The minimum atomic E-state index is -0.414. The van der Waals surface area contributed by atoms with E-state index in [0.717, 1.165) is 31.2 Å². The first-order valence-electron chi connectivity index (χ1n) is 7.29. The predicted molar refractivity (Wildman–Crippen MR) is 91.1 cm³/mol. The van der Waals surface area contributed by atoms with Crippen molar-refractivity contribution in [3.63, 3.8) is 0 Å². The first-order chi connectivity index (χ1) is 10.2. The molecule has 1 heterocycles. The van der Waals surface area contributed by atoms with E-state index in [2.05, 4.69) is 10.3 Å². The van der Waals surface area contributed by atoms with E-state index in [-0.39, 0.29) is 18.3 Å². The van der Waals surface area contributed by atoms with Crippen LogP contribution in [0, 0.1) is 0 Å². The second-order valence-electron chi connectivity index (χ2n) is 5.58. The standard InChI is InChI=1S/C17H19N3O.ClH/c18-15-9-8-14(12-19-15)20-16(21)17(10-4-5-11-17)13-6-2-1-3-7-13;/h1-3,6-9,12H,4-5,10-11H2,(H2,18,19)(H,20,21);1H. The molecule has 22 heavy (non-hydrogen) atoms. The number of amides is 1. The zero-order chi connectivity index (χ0) is 14.7. The molecular formula is C17H20ClN3O. The van der Waals surface area contributed by atoms with Crippen molar-refractivity contribution in [3.05, 3.63) is 54.2 Å². The summed E-state index contributed by atoms with van der Waals surface area (Å²) in [5.74, 6) is 0.504. The van der Waals surface area contributed by atoms with Gasteiger partial charge < -0.3 is 11.1 Å². The van der Waals surface area contributed by atoms with Crippen LogP contribution in [0.3, 0.4) is 0 Å². The van der Waals surface area contributed by atoms with Crippen molar-refractivity contribution in [2.24, 2.45) is 0 Å². The van der Waals surface area contributed by atoms with Crippen molar-refractivity contribution in [1.82, 2.24) is 4.98 Å². The Kier molecular flexibility index (Phi) is 5.03. The molecule has 116 valence electrons. The average molecular weight is 318 g/mol. The van der Waals surface area contributed by atoms with E-state index < -0.39 is 5.41 Å². The molecule has 1 aliphatic carbocycles. The molecule has 5 heteroatoms. The number of carbonyl (C=O) groups is 1. The Morgan fingerprint density at radius 1 is 1.09 bits per heavy atom. The lowest BCUT2D eigenvalue weighted by Crippen LogP contribution is -2.37. The van der Waals surface area contributed by atoms with E-state index in [0.29, 0.717) is 11.5 Å². The molecule has 3 N–H and O–H groups in total. The Morgan fingerprint density at radius 2 is 1.77 bits per heavy atom. The third kappa shape index (κ3) is 3.07. The fraction of sp³-hybridized carbons (Fsp3) is 0.294. The van der Waals surface area contributed by atoms with Crippen LogP contribution in [0.1, 0.15) is 31.2 Å². The maximum absolute atomic E-state index is 12.9. The second-order valence-corrected chi connectivity index (χ2v) is 5.58. The van der Waals surface area contributed by atoms with Gasteiger partial charge in [0.15, 0.2) is 0 Å². The van der Waals surface area contributed by atoms with Gasteiger partial charge in [-0.2, -0.15) is 0 Å². The Labute approximate surface area is 136 Å². The molecule has 1 aromatic heterocycles. The Morgan fingerprint density at radius 3 is 2.36 bits per heavy atom. The summed E-state index contributed by atoms with van der Waals surface area (Å²) in [6.45, 7) is 0. The molecule has 0 bridgehead atoms. The van der Waals surface area contributed by atoms with Crippen LogP contribution >= 0.6 is 12.4 Å². The molecule has 4 nitrogen and oxygen atoms in total. The number of pyridine rings is 1. The van der Waals surface area contributed by atoms with E-state index in [9.17, 15) is 4.79 Å². The average Bonchev–Trinajstić information content (AvgIpc) is 3.01. The number of rotatable bonds is 3. The lowest BCUT2D eigenvalue weighted by Gasteiger charge is -2.28. The number of aromatic nitrogens is 1. The predicted octanol–water partition coefficient (Wildman–Crippen LogP) is 3.54. The maximum Gasteiger partial charge on any atom is 0.235 e. The molecular weight excluding hydrogens is 298 g/mol. The molecule has 0 unspecified atom stereocenters. The van der Waals surface area contributed by atoms with Gasteiger partial charge in [0.25, 0.3) is 0 Å². The van der Waals surface area contributed by atoms with E-state index >= 15 is 0 Å². The summed E-state index contributed by atoms with van der Waals surface area (Å²) in [6, 6.07) is 13.5. The molecule has 2 aromatic rings. The molecule has 1 amide bonds. The summed E-state index contributed by atoms with van der Waals surface area (Å²) in [6.07, 6.45) is 5.56. The third-order valence-corrected chi connectivity index (χ3v) is 4.26. The number of nitrogens with one attached hydrogen (secondary N) is 1. The van der Waals surface area contributed by atoms with Crippen LogP contribution in [-0.2, 0) is 10.2 Å². The normalized spacial score (nSPS) is 15.8. The number of nitrogen functional groups attached to an aromatic ring is 1. The van der Waals surface area contributed by atoms with Gasteiger partial charge in [0.2, 0.25) is 5.91 Å². The smallest absolute Gasteiger partial charge is 0.235 e. The molecule has 1 saturated carbocycles. The first kappa shape index (κ1) is 16.3. The van der Waals surface area contributed by atoms with Gasteiger partial charge >= 0.3 is 0 Å². The van der Waals surface area contributed by atoms with Gasteiger partial charge in [-0.25, -0.2) is 4.98 Å². The fourth-order valence-electron chi connectivity index (χ4n) is 3.11. The van der Waals surface area contributed by atoms with Gasteiger partial charge in [0.05, 0.1) is 17.3 Å². The molecule has 0 atom stereocenters. The van der Waals surface area contributed by atoms with Crippen LogP contribution < -0.4 is 11.1 Å². The molecule has 1 aliphatic rings. The van der Waals surface area contributed by atoms with Crippen LogP contribution in [0.15, 0.2) is 48.7 Å². The largest absolute Gasteiger partial charge is 0.384 e. The molecule has 1 aromatic carbocycles. The lowest BCUT2D eigenvalue weighted by molar-refractivity contribution is -0.121. The highest BCUT2D eigenvalue weighted by Gasteiger charge is 2.42. The summed E-state index contributed by atoms with van der Waals surface area (Å²) in [5, 5.41) is 2.99. The third-order valence-electron chi connectivity index (χ3n) is 4.26. The van der Waals surface area contributed by atoms with Gasteiger partial charge in [-0.3, -0.25) is 4.79 Å². The Balaban J connectivity index is 0.00000176. The van der Waals surface area contributed by atoms with Crippen molar-refractivity contribution in [1.29, 1.82) is 0 Å². The first-order valence-corrected chi connectivity index (χ1v) is 7.29. The van der Waals surface area contributed by atoms with Crippen molar-refractivity contribution in [2.45, 2.75) is 31.1 Å². The van der Waals surface area contributed by atoms with E-state index in [4.69, 9.17) is 5.73 Å². The molecule has 3 rings (SSSR count). The minimum Gasteiger partial charge on any atom is -0.384 e. The lowest BCUT2D eigenvalue weighted by atomic mass is 9.78. The van der Waals surface area contributed by atoms with Gasteiger partial charge in [-0.15, -0.1) is 12.4 Å². The number of hydrogen-bond donors (Lipinski definition) is 2. The molecule has 1 fully saturated rings. The number of nitrogens with two attached hydrogens (primary N) is 1. The van der Waals surface area contributed by atoms with Crippen LogP contribution in [-0.4, -0.2) is 10.9 Å². The Hall–Kier alpha value is -2.07. The summed E-state index contributed by atoms with van der Waals surface area (Å²) >= 11 is 0. The van der Waals surface area contributed by atoms with E-state index in [1.165, 1.54) is 0 Å². The van der Waals surface area contributed by atoms with E-state index in [1.807, 2.05) is 30.3 Å². The highest BCUT2D eigenvalue weighted by atomic mass is 35.5. The van der Waals surface area contributed by atoms with Crippen LogP contribution in [0.25, 0.3) is 0 Å². The van der Waals surface area contributed by atoms with E-state index in [1.54, 1.807) is 18.3 Å². The van der Waals surface area contributed by atoms with Gasteiger partial charge in [-0.05, 0) is 30.5 Å². The molecule has 0 radical (unpaired) electrons. The summed E-state index contributed by atoms with van der Waals surface area (Å²) in [5.41, 5.74) is 6.95.